The van der Waals surface area contributed by atoms with Crippen LogP contribution in [0.3, 0.4) is 0 Å². The maximum absolute atomic E-state index is 13.6. The topological polar surface area (TPSA) is 70.2 Å². The average Bonchev–Trinajstić information content (AvgIpc) is 2.88. The van der Waals surface area contributed by atoms with Crippen molar-refractivity contribution in [2.24, 2.45) is 0 Å². The summed E-state index contributed by atoms with van der Waals surface area (Å²) in [5, 5.41) is 0. The molecule has 0 spiro atoms. The van der Waals surface area contributed by atoms with Crippen molar-refractivity contribution in [2.75, 3.05) is 49.0 Å². The lowest BCUT2D eigenvalue weighted by Gasteiger charge is -2.37. The molecule has 0 radical (unpaired) electrons. The molecule has 4 rings (SSSR count). The molecule has 0 bridgehead atoms. The van der Waals surface area contributed by atoms with Gasteiger partial charge in [0.25, 0.3) is 10.0 Å². The van der Waals surface area contributed by atoms with Gasteiger partial charge in [-0.05, 0) is 55.0 Å². The van der Waals surface area contributed by atoms with Crippen molar-refractivity contribution < 1.29 is 17.9 Å². The Bertz CT molecular complexity index is 1230. The fraction of sp³-hybridized carbons (Fsp3) is 0.269. The molecule has 3 aromatic rings. The Kier molecular flexibility index (Phi) is 7.07. The Labute approximate surface area is 201 Å². The van der Waals surface area contributed by atoms with Gasteiger partial charge in [0.1, 0.15) is 12.3 Å². The van der Waals surface area contributed by atoms with Gasteiger partial charge in [-0.3, -0.25) is 9.10 Å². The van der Waals surface area contributed by atoms with Crippen molar-refractivity contribution in [3.8, 4) is 5.75 Å². The number of methoxy groups -OCH3 is 1. The molecule has 0 aromatic heterocycles. The predicted molar refractivity (Wildman–Crippen MR) is 134 cm³/mol. The van der Waals surface area contributed by atoms with Crippen LogP contribution in [0, 0.1) is 6.92 Å². The van der Waals surface area contributed by atoms with E-state index in [1.807, 2.05) is 24.3 Å². The number of amides is 1. The molecule has 0 saturated carbocycles. The average molecular weight is 480 g/mol. The molecule has 0 atom stereocenters. The molecule has 0 N–H and O–H groups in total. The maximum Gasteiger partial charge on any atom is 0.264 e. The third-order valence-electron chi connectivity index (χ3n) is 6.03. The number of benzene rings is 3. The number of nitrogens with zero attached hydrogens (tertiary/aromatic N) is 3. The summed E-state index contributed by atoms with van der Waals surface area (Å²) >= 11 is 0. The second-order valence-electron chi connectivity index (χ2n) is 8.18. The van der Waals surface area contributed by atoms with E-state index in [-0.39, 0.29) is 17.3 Å². The summed E-state index contributed by atoms with van der Waals surface area (Å²) in [4.78, 5) is 17.3. The lowest BCUT2D eigenvalue weighted by Crippen LogP contribution is -2.52. The number of hydrogen-bond acceptors (Lipinski definition) is 5. The minimum Gasteiger partial charge on any atom is -0.496 e. The van der Waals surface area contributed by atoms with E-state index in [1.54, 1.807) is 55.3 Å². The number of carbonyl (C=O) groups excluding carboxylic acids is 1. The molecule has 8 heteroatoms. The maximum atomic E-state index is 13.6. The zero-order chi connectivity index (χ0) is 24.1. The summed E-state index contributed by atoms with van der Waals surface area (Å²) < 4.78 is 33.8. The largest absolute Gasteiger partial charge is 0.496 e. The van der Waals surface area contributed by atoms with Crippen molar-refractivity contribution in [2.45, 2.75) is 11.8 Å². The van der Waals surface area contributed by atoms with Gasteiger partial charge in [0.2, 0.25) is 5.91 Å². The third kappa shape index (κ3) is 5.02. The molecule has 3 aromatic carbocycles. The standard InChI is InChI=1S/C26H29N3O4S/c1-21-19-24(13-14-25(21)33-2)34(31,32)29(23-11-7-4-8-12-23)20-26(30)28-17-15-27(16-18-28)22-9-5-3-6-10-22/h3-14,19H,15-18,20H2,1-2H3. The summed E-state index contributed by atoms with van der Waals surface area (Å²) in [6.07, 6.45) is 0. The van der Waals surface area contributed by atoms with Gasteiger partial charge in [0.05, 0.1) is 17.7 Å². The Morgan fingerprint density at radius 2 is 1.53 bits per heavy atom. The molecule has 1 aliphatic rings. The van der Waals surface area contributed by atoms with Crippen LogP contribution in [-0.4, -0.2) is 59.1 Å². The summed E-state index contributed by atoms with van der Waals surface area (Å²) in [5.41, 5.74) is 2.28. The molecular formula is C26H29N3O4S. The summed E-state index contributed by atoms with van der Waals surface area (Å²) in [6, 6.07) is 23.6. The number of sulfonamides is 1. The highest BCUT2D eigenvalue weighted by Gasteiger charge is 2.30. The summed E-state index contributed by atoms with van der Waals surface area (Å²) in [6.45, 7) is 4.01. The number of ether oxygens (including phenoxy) is 1. The molecule has 1 heterocycles. The van der Waals surface area contributed by atoms with E-state index in [0.717, 1.165) is 5.69 Å². The first kappa shape index (κ1) is 23.6. The normalized spacial score (nSPS) is 14.1. The van der Waals surface area contributed by atoms with Gasteiger partial charge >= 0.3 is 0 Å². The Morgan fingerprint density at radius 3 is 2.12 bits per heavy atom. The van der Waals surface area contributed by atoms with Gasteiger partial charge in [0.15, 0.2) is 0 Å². The fourth-order valence-electron chi connectivity index (χ4n) is 4.12. The summed E-state index contributed by atoms with van der Waals surface area (Å²) in [5.74, 6) is 0.392. The van der Waals surface area contributed by atoms with Gasteiger partial charge in [-0.25, -0.2) is 8.42 Å². The minimum absolute atomic E-state index is 0.122. The molecular weight excluding hydrogens is 450 g/mol. The van der Waals surface area contributed by atoms with E-state index in [2.05, 4.69) is 17.0 Å². The van der Waals surface area contributed by atoms with Gasteiger partial charge < -0.3 is 14.5 Å². The molecule has 34 heavy (non-hydrogen) atoms. The van der Waals surface area contributed by atoms with Crippen LogP contribution in [0.25, 0.3) is 0 Å². The zero-order valence-electron chi connectivity index (χ0n) is 19.4. The number of rotatable bonds is 7. The Balaban J connectivity index is 1.54. The number of piperazine rings is 1. The molecule has 7 nitrogen and oxygen atoms in total. The highest BCUT2D eigenvalue weighted by Crippen LogP contribution is 2.27. The van der Waals surface area contributed by atoms with Crippen LogP contribution in [0.2, 0.25) is 0 Å². The quantitative estimate of drug-likeness (QED) is 0.518. The minimum atomic E-state index is -3.97. The van der Waals surface area contributed by atoms with E-state index < -0.39 is 10.0 Å². The highest BCUT2D eigenvalue weighted by atomic mass is 32.2. The van der Waals surface area contributed by atoms with Crippen LogP contribution in [0.4, 0.5) is 11.4 Å². The lowest BCUT2D eigenvalue weighted by molar-refractivity contribution is -0.129. The number of carbonyl (C=O) groups is 1. The van der Waals surface area contributed by atoms with Crippen molar-refractivity contribution in [1.82, 2.24) is 4.90 Å². The number of aryl methyl sites for hydroxylation is 1. The van der Waals surface area contributed by atoms with Crippen LogP contribution in [0.15, 0.2) is 83.8 Å². The van der Waals surface area contributed by atoms with Gasteiger partial charge in [-0.2, -0.15) is 0 Å². The second kappa shape index (κ2) is 10.2. The predicted octanol–water partition coefficient (Wildman–Crippen LogP) is 3.55. The van der Waals surface area contributed by atoms with Crippen LogP contribution in [0.5, 0.6) is 5.75 Å². The fourth-order valence-corrected chi connectivity index (χ4v) is 5.62. The smallest absolute Gasteiger partial charge is 0.264 e. The van der Waals surface area contributed by atoms with E-state index in [1.165, 1.54) is 10.4 Å². The molecule has 1 amide bonds. The molecule has 1 saturated heterocycles. The molecule has 1 aliphatic heterocycles. The highest BCUT2D eigenvalue weighted by molar-refractivity contribution is 7.92. The van der Waals surface area contributed by atoms with E-state index >= 15 is 0 Å². The van der Waals surface area contributed by atoms with Crippen LogP contribution in [-0.2, 0) is 14.8 Å². The van der Waals surface area contributed by atoms with E-state index in [9.17, 15) is 13.2 Å². The number of hydrogen-bond donors (Lipinski definition) is 0. The number of anilines is 2. The van der Waals surface area contributed by atoms with Gasteiger partial charge in [0, 0.05) is 31.9 Å². The van der Waals surface area contributed by atoms with Crippen molar-refractivity contribution in [1.29, 1.82) is 0 Å². The summed E-state index contributed by atoms with van der Waals surface area (Å²) in [7, 11) is -2.42. The molecule has 0 aliphatic carbocycles. The van der Waals surface area contributed by atoms with E-state index in [0.29, 0.717) is 43.2 Å². The lowest BCUT2D eigenvalue weighted by atomic mass is 10.2. The van der Waals surface area contributed by atoms with Crippen LogP contribution >= 0.6 is 0 Å². The Hall–Kier alpha value is -3.52. The Morgan fingerprint density at radius 1 is 0.912 bits per heavy atom. The molecule has 178 valence electrons. The second-order valence-corrected chi connectivity index (χ2v) is 10.0. The molecule has 0 unspecified atom stereocenters. The first-order valence-electron chi connectivity index (χ1n) is 11.2. The van der Waals surface area contributed by atoms with Crippen molar-refractivity contribution >= 4 is 27.3 Å². The number of para-hydroxylation sites is 2. The zero-order valence-corrected chi connectivity index (χ0v) is 20.2. The van der Waals surface area contributed by atoms with E-state index in [4.69, 9.17) is 4.74 Å². The molecule has 1 fully saturated rings. The van der Waals surface area contributed by atoms with Crippen molar-refractivity contribution in [3.05, 3.63) is 84.4 Å². The van der Waals surface area contributed by atoms with Crippen LogP contribution < -0.4 is 13.9 Å². The van der Waals surface area contributed by atoms with Crippen molar-refractivity contribution in [3.63, 3.8) is 0 Å². The monoisotopic (exact) mass is 479 g/mol. The van der Waals surface area contributed by atoms with Gasteiger partial charge in [-0.15, -0.1) is 0 Å². The van der Waals surface area contributed by atoms with Crippen LogP contribution in [0.1, 0.15) is 5.56 Å². The third-order valence-corrected chi connectivity index (χ3v) is 7.80. The first-order chi connectivity index (χ1) is 16.4. The SMILES string of the molecule is COc1ccc(S(=O)(=O)N(CC(=O)N2CCN(c3ccccc3)CC2)c2ccccc2)cc1C. The van der Waals surface area contributed by atoms with Gasteiger partial charge in [-0.1, -0.05) is 36.4 Å². The first-order valence-corrected chi connectivity index (χ1v) is 12.6.